The maximum absolute atomic E-state index is 13.9. The summed E-state index contributed by atoms with van der Waals surface area (Å²) in [5.74, 6) is -0.377. The number of carbonyl (C=O) groups is 2. The van der Waals surface area contributed by atoms with Gasteiger partial charge in [0.25, 0.3) is 0 Å². The van der Waals surface area contributed by atoms with Crippen LogP contribution in [0.5, 0.6) is 11.5 Å². The van der Waals surface area contributed by atoms with Crippen molar-refractivity contribution in [2.24, 2.45) is 0 Å². The highest BCUT2D eigenvalue weighted by atomic mass is 79.9. The van der Waals surface area contributed by atoms with E-state index < -0.39 is 29.8 Å². The highest BCUT2D eigenvalue weighted by Crippen LogP contribution is 2.36. The van der Waals surface area contributed by atoms with E-state index in [-0.39, 0.29) is 31.6 Å². The van der Waals surface area contributed by atoms with Gasteiger partial charge in [-0.2, -0.15) is 0 Å². The van der Waals surface area contributed by atoms with Crippen LogP contribution in [-0.4, -0.2) is 53.8 Å². The standard InChI is InChI=1S/C22H21BrFNO6/c23-16-10-20-19(29-5-6-30-20)7-14(16)12-31-22(28)18-9-15(26)11-25(18)21(27)8-13-3-1-2-4-17(13)24/h1-4,7,10,15,18,26H,5-6,8-9,11-12H2. The van der Waals surface area contributed by atoms with Crippen molar-refractivity contribution in [3.8, 4) is 11.5 Å². The van der Waals surface area contributed by atoms with Crippen molar-refractivity contribution in [1.82, 2.24) is 4.90 Å². The van der Waals surface area contributed by atoms with Crippen LogP contribution in [0.2, 0.25) is 0 Å². The summed E-state index contributed by atoms with van der Waals surface area (Å²) < 4.78 is 31.1. The van der Waals surface area contributed by atoms with Crippen molar-refractivity contribution in [2.75, 3.05) is 19.8 Å². The van der Waals surface area contributed by atoms with Crippen molar-refractivity contribution in [2.45, 2.75) is 31.6 Å². The van der Waals surface area contributed by atoms with Crippen LogP contribution in [0.15, 0.2) is 40.9 Å². The van der Waals surface area contributed by atoms with Crippen LogP contribution < -0.4 is 9.47 Å². The number of β-amino-alcohol motifs (C(OH)–C–C–N with tert-alkyl or cyclic N) is 1. The Kier molecular flexibility index (Phi) is 6.43. The molecule has 2 aromatic carbocycles. The van der Waals surface area contributed by atoms with Gasteiger partial charge in [0, 0.05) is 23.0 Å². The molecule has 2 aliphatic rings. The van der Waals surface area contributed by atoms with Crippen LogP contribution in [0, 0.1) is 5.82 Å². The number of ether oxygens (including phenoxy) is 3. The molecule has 0 aliphatic carbocycles. The van der Waals surface area contributed by atoms with Gasteiger partial charge in [-0.05, 0) is 23.8 Å². The fourth-order valence-electron chi connectivity index (χ4n) is 3.68. The average molecular weight is 494 g/mol. The van der Waals surface area contributed by atoms with Gasteiger partial charge in [-0.15, -0.1) is 0 Å². The van der Waals surface area contributed by atoms with Gasteiger partial charge in [-0.1, -0.05) is 34.1 Å². The zero-order valence-corrected chi connectivity index (χ0v) is 18.1. The van der Waals surface area contributed by atoms with Gasteiger partial charge >= 0.3 is 5.97 Å². The van der Waals surface area contributed by atoms with E-state index in [9.17, 15) is 19.1 Å². The summed E-state index contributed by atoms with van der Waals surface area (Å²) in [6.45, 7) is 0.861. The summed E-state index contributed by atoms with van der Waals surface area (Å²) in [7, 11) is 0. The Balaban J connectivity index is 1.42. The van der Waals surface area contributed by atoms with Crippen LogP contribution in [0.25, 0.3) is 0 Å². The molecule has 9 heteroatoms. The molecule has 1 N–H and O–H groups in total. The third kappa shape index (κ3) is 4.83. The molecule has 1 amide bonds. The minimum absolute atomic E-state index is 0.000765. The fourth-order valence-corrected chi connectivity index (χ4v) is 4.12. The Bertz CT molecular complexity index is 1000. The lowest BCUT2D eigenvalue weighted by Crippen LogP contribution is -2.42. The number of hydrogen-bond acceptors (Lipinski definition) is 6. The summed E-state index contributed by atoms with van der Waals surface area (Å²) in [5.41, 5.74) is 0.918. The molecule has 164 valence electrons. The summed E-state index contributed by atoms with van der Waals surface area (Å²) in [6, 6.07) is 8.54. The molecule has 0 radical (unpaired) electrons. The topological polar surface area (TPSA) is 85.3 Å². The van der Waals surface area contributed by atoms with E-state index in [1.807, 2.05) is 0 Å². The lowest BCUT2D eigenvalue weighted by atomic mass is 10.1. The minimum atomic E-state index is -0.926. The number of esters is 1. The molecule has 0 saturated carbocycles. The maximum Gasteiger partial charge on any atom is 0.329 e. The molecule has 2 heterocycles. The molecule has 7 nitrogen and oxygen atoms in total. The second-order valence-corrected chi connectivity index (χ2v) is 8.27. The number of benzene rings is 2. The Labute approximate surface area is 186 Å². The fraction of sp³-hybridized carbons (Fsp3) is 0.364. The molecule has 4 rings (SSSR count). The summed E-state index contributed by atoms with van der Waals surface area (Å²) in [6.07, 6.45) is -0.968. The van der Waals surface area contributed by atoms with Gasteiger partial charge in [0.2, 0.25) is 5.91 Å². The van der Waals surface area contributed by atoms with Gasteiger partial charge in [0.05, 0.1) is 12.5 Å². The largest absolute Gasteiger partial charge is 0.486 e. The second kappa shape index (κ2) is 9.23. The number of aliphatic hydroxyl groups is 1. The van der Waals surface area contributed by atoms with E-state index in [0.29, 0.717) is 34.7 Å². The van der Waals surface area contributed by atoms with Crippen molar-refractivity contribution in [3.05, 3.63) is 57.8 Å². The zero-order chi connectivity index (χ0) is 22.0. The van der Waals surface area contributed by atoms with Gasteiger partial charge in [0.15, 0.2) is 11.5 Å². The smallest absolute Gasteiger partial charge is 0.329 e. The Morgan fingerprint density at radius 3 is 2.61 bits per heavy atom. The Morgan fingerprint density at radius 1 is 1.16 bits per heavy atom. The van der Waals surface area contributed by atoms with E-state index >= 15 is 0 Å². The molecule has 1 saturated heterocycles. The average Bonchev–Trinajstić information content (AvgIpc) is 3.15. The highest BCUT2D eigenvalue weighted by molar-refractivity contribution is 9.10. The van der Waals surface area contributed by atoms with Crippen LogP contribution in [0.3, 0.4) is 0 Å². The number of nitrogens with zero attached hydrogens (tertiary/aromatic N) is 1. The Morgan fingerprint density at radius 2 is 1.87 bits per heavy atom. The monoisotopic (exact) mass is 493 g/mol. The van der Waals surface area contributed by atoms with E-state index in [4.69, 9.17) is 14.2 Å². The minimum Gasteiger partial charge on any atom is -0.486 e. The molecule has 1 fully saturated rings. The number of hydrogen-bond donors (Lipinski definition) is 1. The molecule has 0 spiro atoms. The zero-order valence-electron chi connectivity index (χ0n) is 16.6. The predicted molar refractivity (Wildman–Crippen MR) is 111 cm³/mol. The number of halogens is 2. The number of carbonyl (C=O) groups excluding carboxylic acids is 2. The van der Waals surface area contributed by atoms with E-state index in [1.165, 1.54) is 17.0 Å². The molecule has 0 aromatic heterocycles. The van der Waals surface area contributed by atoms with Crippen LogP contribution >= 0.6 is 15.9 Å². The first-order chi connectivity index (χ1) is 14.9. The number of rotatable bonds is 5. The molecule has 2 atom stereocenters. The molecule has 2 unspecified atom stereocenters. The van der Waals surface area contributed by atoms with Crippen molar-refractivity contribution < 1.29 is 33.3 Å². The van der Waals surface area contributed by atoms with Gasteiger partial charge in [-0.25, -0.2) is 9.18 Å². The first-order valence-electron chi connectivity index (χ1n) is 9.88. The van der Waals surface area contributed by atoms with E-state index in [0.717, 1.165) is 0 Å². The molecular weight excluding hydrogens is 473 g/mol. The molecular formula is C22H21BrFNO6. The molecule has 0 bridgehead atoms. The van der Waals surface area contributed by atoms with Gasteiger partial charge < -0.3 is 24.2 Å². The second-order valence-electron chi connectivity index (χ2n) is 7.41. The Hall–Kier alpha value is -2.65. The van der Waals surface area contributed by atoms with Gasteiger partial charge in [-0.3, -0.25) is 4.79 Å². The van der Waals surface area contributed by atoms with E-state index in [2.05, 4.69) is 15.9 Å². The lowest BCUT2D eigenvalue weighted by molar-refractivity contribution is -0.154. The third-order valence-electron chi connectivity index (χ3n) is 5.25. The van der Waals surface area contributed by atoms with Crippen molar-refractivity contribution in [1.29, 1.82) is 0 Å². The first-order valence-corrected chi connectivity index (χ1v) is 10.7. The first kappa shape index (κ1) is 21.6. The quantitative estimate of drug-likeness (QED) is 0.644. The van der Waals surface area contributed by atoms with Crippen molar-refractivity contribution in [3.63, 3.8) is 0 Å². The number of aliphatic hydroxyl groups excluding tert-OH is 1. The number of fused-ring (bicyclic) bond motifs is 1. The molecule has 31 heavy (non-hydrogen) atoms. The molecule has 2 aromatic rings. The lowest BCUT2D eigenvalue weighted by Gasteiger charge is -2.23. The van der Waals surface area contributed by atoms with Gasteiger partial charge in [0.1, 0.15) is 31.7 Å². The highest BCUT2D eigenvalue weighted by Gasteiger charge is 2.40. The normalized spacial score (nSPS) is 19.9. The molecule has 2 aliphatic heterocycles. The van der Waals surface area contributed by atoms with Crippen LogP contribution in [0.4, 0.5) is 4.39 Å². The van der Waals surface area contributed by atoms with Crippen LogP contribution in [-0.2, 0) is 27.4 Å². The summed E-state index contributed by atoms with van der Waals surface area (Å²) in [5, 5.41) is 10.0. The van der Waals surface area contributed by atoms with Crippen molar-refractivity contribution >= 4 is 27.8 Å². The number of likely N-dealkylation sites (tertiary alicyclic amines) is 1. The van der Waals surface area contributed by atoms with E-state index in [1.54, 1.807) is 24.3 Å². The summed E-state index contributed by atoms with van der Waals surface area (Å²) >= 11 is 3.43. The summed E-state index contributed by atoms with van der Waals surface area (Å²) in [4.78, 5) is 26.7. The van der Waals surface area contributed by atoms with Crippen LogP contribution in [0.1, 0.15) is 17.5 Å². The number of amides is 1. The SMILES string of the molecule is O=C(OCc1cc2c(cc1Br)OCCO2)C1CC(O)CN1C(=O)Cc1ccccc1F. The third-order valence-corrected chi connectivity index (χ3v) is 5.99. The maximum atomic E-state index is 13.9. The predicted octanol–water partition coefficient (Wildman–Crippen LogP) is 2.61.